The maximum absolute atomic E-state index is 13.1. The van der Waals surface area contributed by atoms with Gasteiger partial charge in [-0.3, -0.25) is 4.98 Å². The van der Waals surface area contributed by atoms with Crippen molar-refractivity contribution in [3.8, 4) is 22.9 Å². The van der Waals surface area contributed by atoms with Crippen molar-refractivity contribution in [1.82, 2.24) is 19.9 Å². The number of halogens is 1. The second-order valence-corrected chi connectivity index (χ2v) is 7.05. The summed E-state index contributed by atoms with van der Waals surface area (Å²) in [5.74, 6) is 1.60. The summed E-state index contributed by atoms with van der Waals surface area (Å²) in [6, 6.07) is 15.6. The van der Waals surface area contributed by atoms with Crippen molar-refractivity contribution in [2.75, 3.05) is 12.5 Å². The van der Waals surface area contributed by atoms with Gasteiger partial charge in [-0.25, -0.2) is 14.2 Å². The highest BCUT2D eigenvalue weighted by Crippen LogP contribution is 2.29. The maximum atomic E-state index is 13.1. The first-order valence-corrected chi connectivity index (χ1v) is 9.91. The Balaban J connectivity index is 1.46. The minimum atomic E-state index is -0.275. The van der Waals surface area contributed by atoms with Crippen molar-refractivity contribution in [2.24, 2.45) is 0 Å². The first-order chi connectivity index (χ1) is 15.1. The Morgan fingerprint density at radius 1 is 1.03 bits per heavy atom. The summed E-state index contributed by atoms with van der Waals surface area (Å²) in [5.41, 5.74) is 6.00. The first-order valence-electron chi connectivity index (χ1n) is 9.50. The number of ether oxygens (including phenoxy) is 2. The largest absolute Gasteiger partial charge is 0.493 e. The van der Waals surface area contributed by atoms with Crippen molar-refractivity contribution < 1.29 is 13.9 Å². The highest BCUT2D eigenvalue weighted by atomic mass is 32.1. The number of H-pyrrole nitrogens is 1. The van der Waals surface area contributed by atoms with Crippen molar-refractivity contribution in [2.45, 2.75) is 13.2 Å². The van der Waals surface area contributed by atoms with Crippen LogP contribution in [0, 0.1) is 10.6 Å². The Labute approximate surface area is 183 Å². The maximum Gasteiger partial charge on any atom is 0.214 e. The van der Waals surface area contributed by atoms with Crippen LogP contribution in [0.1, 0.15) is 11.1 Å². The van der Waals surface area contributed by atoms with Crippen LogP contribution < -0.4 is 14.9 Å². The SMILES string of the molecule is COc1cc(CNn2c(-c3ccncc3)n[nH]c2=S)ccc1OCc1ccc(F)cc1. The Hall–Kier alpha value is -3.72. The molecule has 2 aromatic carbocycles. The number of nitrogens with zero attached hydrogens (tertiary/aromatic N) is 3. The molecule has 4 rings (SSSR count). The molecule has 158 valence electrons. The number of pyridine rings is 1. The minimum Gasteiger partial charge on any atom is -0.493 e. The average molecular weight is 438 g/mol. The van der Waals surface area contributed by atoms with E-state index in [-0.39, 0.29) is 5.82 Å². The van der Waals surface area contributed by atoms with Gasteiger partial charge in [-0.1, -0.05) is 18.2 Å². The number of benzene rings is 2. The summed E-state index contributed by atoms with van der Waals surface area (Å²) in [6.07, 6.45) is 3.40. The molecule has 0 atom stereocenters. The van der Waals surface area contributed by atoms with Crippen molar-refractivity contribution >= 4 is 12.2 Å². The van der Waals surface area contributed by atoms with E-state index in [1.54, 1.807) is 36.3 Å². The topological polar surface area (TPSA) is 77.0 Å². The van der Waals surface area contributed by atoms with Gasteiger partial charge in [0.2, 0.25) is 4.77 Å². The van der Waals surface area contributed by atoms with Gasteiger partial charge in [0.05, 0.1) is 13.7 Å². The van der Waals surface area contributed by atoms with Crippen LogP contribution >= 0.6 is 12.2 Å². The lowest BCUT2D eigenvalue weighted by Crippen LogP contribution is -2.16. The van der Waals surface area contributed by atoms with Gasteiger partial charge in [-0.2, -0.15) is 5.10 Å². The predicted octanol–water partition coefficient (Wildman–Crippen LogP) is 4.47. The van der Waals surface area contributed by atoms with E-state index >= 15 is 0 Å². The highest BCUT2D eigenvalue weighted by Gasteiger charge is 2.10. The Morgan fingerprint density at radius 2 is 1.77 bits per heavy atom. The molecule has 9 heteroatoms. The third kappa shape index (κ3) is 4.89. The van der Waals surface area contributed by atoms with Gasteiger partial charge in [0.15, 0.2) is 17.3 Å². The van der Waals surface area contributed by atoms with E-state index in [9.17, 15) is 4.39 Å². The molecule has 31 heavy (non-hydrogen) atoms. The quantitative estimate of drug-likeness (QED) is 0.396. The molecule has 0 saturated carbocycles. The lowest BCUT2D eigenvalue weighted by Gasteiger charge is -2.14. The van der Waals surface area contributed by atoms with E-state index in [2.05, 4.69) is 20.6 Å². The van der Waals surface area contributed by atoms with E-state index in [0.29, 0.717) is 35.2 Å². The lowest BCUT2D eigenvalue weighted by atomic mass is 10.2. The molecule has 0 aliphatic heterocycles. The normalized spacial score (nSPS) is 10.6. The van der Waals surface area contributed by atoms with Gasteiger partial charge in [-0.15, -0.1) is 0 Å². The van der Waals surface area contributed by atoms with E-state index in [1.807, 2.05) is 30.3 Å². The molecule has 2 N–H and O–H groups in total. The van der Waals surface area contributed by atoms with Crippen LogP contribution in [0.25, 0.3) is 11.4 Å². The fourth-order valence-electron chi connectivity index (χ4n) is 2.99. The summed E-state index contributed by atoms with van der Waals surface area (Å²) in [5, 5.41) is 7.10. The summed E-state index contributed by atoms with van der Waals surface area (Å²) in [6.45, 7) is 0.800. The molecule has 0 aliphatic carbocycles. The summed E-state index contributed by atoms with van der Waals surface area (Å²) < 4.78 is 26.6. The minimum absolute atomic E-state index is 0.275. The number of hydrogen-bond acceptors (Lipinski definition) is 6. The van der Waals surface area contributed by atoms with E-state index in [1.165, 1.54) is 12.1 Å². The Morgan fingerprint density at radius 3 is 2.52 bits per heavy atom. The molecular weight excluding hydrogens is 417 g/mol. The number of nitrogens with one attached hydrogen (secondary N) is 2. The van der Waals surface area contributed by atoms with Crippen LogP contribution in [0.2, 0.25) is 0 Å². The van der Waals surface area contributed by atoms with E-state index < -0.39 is 0 Å². The van der Waals surface area contributed by atoms with Gasteiger partial charge >= 0.3 is 0 Å². The van der Waals surface area contributed by atoms with Crippen molar-refractivity contribution in [3.05, 3.63) is 88.7 Å². The molecule has 0 aliphatic rings. The molecule has 0 fully saturated rings. The van der Waals surface area contributed by atoms with Crippen LogP contribution in [-0.2, 0) is 13.2 Å². The smallest absolute Gasteiger partial charge is 0.214 e. The average Bonchev–Trinajstić information content (AvgIpc) is 3.18. The highest BCUT2D eigenvalue weighted by molar-refractivity contribution is 7.71. The van der Waals surface area contributed by atoms with Gasteiger partial charge in [0.1, 0.15) is 12.4 Å². The molecule has 0 spiro atoms. The van der Waals surface area contributed by atoms with Gasteiger partial charge in [-0.05, 0) is 59.7 Å². The number of methoxy groups -OCH3 is 1. The molecule has 0 bridgehead atoms. The Kier molecular flexibility index (Phi) is 6.23. The van der Waals surface area contributed by atoms with Crippen LogP contribution in [-0.4, -0.2) is 27.0 Å². The van der Waals surface area contributed by atoms with Crippen molar-refractivity contribution in [3.63, 3.8) is 0 Å². The molecule has 2 aromatic heterocycles. The molecule has 2 heterocycles. The summed E-state index contributed by atoms with van der Waals surface area (Å²) in [4.78, 5) is 4.03. The second-order valence-electron chi connectivity index (χ2n) is 6.66. The Bertz CT molecular complexity index is 1210. The third-order valence-corrected chi connectivity index (χ3v) is 4.86. The number of rotatable bonds is 8. The molecule has 0 amide bonds. The van der Waals surface area contributed by atoms with E-state index in [4.69, 9.17) is 21.7 Å². The number of aromatic nitrogens is 4. The van der Waals surface area contributed by atoms with Crippen LogP contribution in [0.15, 0.2) is 67.0 Å². The molecule has 0 unspecified atom stereocenters. The molecule has 0 saturated heterocycles. The fraction of sp³-hybridized carbons (Fsp3) is 0.136. The second kappa shape index (κ2) is 9.40. The van der Waals surface area contributed by atoms with Gasteiger partial charge < -0.3 is 14.9 Å². The first kappa shape index (κ1) is 20.5. The molecule has 7 nitrogen and oxygen atoms in total. The van der Waals surface area contributed by atoms with Crippen LogP contribution in [0.4, 0.5) is 4.39 Å². The zero-order chi connectivity index (χ0) is 21.6. The van der Waals surface area contributed by atoms with Crippen LogP contribution in [0.5, 0.6) is 11.5 Å². The monoisotopic (exact) mass is 437 g/mol. The van der Waals surface area contributed by atoms with Gasteiger partial charge in [0, 0.05) is 18.0 Å². The summed E-state index contributed by atoms with van der Waals surface area (Å²) >= 11 is 5.35. The number of aromatic amines is 1. The lowest BCUT2D eigenvalue weighted by molar-refractivity contribution is 0.284. The third-order valence-electron chi connectivity index (χ3n) is 4.59. The predicted molar refractivity (Wildman–Crippen MR) is 117 cm³/mol. The molecular formula is C22H20FN5O2S. The number of hydrogen-bond donors (Lipinski definition) is 2. The van der Waals surface area contributed by atoms with Gasteiger partial charge in [0.25, 0.3) is 0 Å². The standard InChI is InChI=1S/C22H20FN5O2S/c1-29-20-12-16(4-7-19(20)30-14-15-2-5-18(23)6-3-15)13-25-28-21(26-27-22(28)31)17-8-10-24-11-9-17/h2-12,25H,13-14H2,1H3,(H,27,31). The summed E-state index contributed by atoms with van der Waals surface area (Å²) in [7, 11) is 1.59. The van der Waals surface area contributed by atoms with E-state index in [0.717, 1.165) is 16.7 Å². The zero-order valence-corrected chi connectivity index (χ0v) is 17.5. The zero-order valence-electron chi connectivity index (χ0n) is 16.7. The molecule has 4 aromatic rings. The fourth-order valence-corrected chi connectivity index (χ4v) is 3.19. The molecule has 0 radical (unpaired) electrons. The van der Waals surface area contributed by atoms with Crippen LogP contribution in [0.3, 0.4) is 0 Å². The van der Waals surface area contributed by atoms with Crippen molar-refractivity contribution in [1.29, 1.82) is 0 Å².